The Labute approximate surface area is 109 Å². The third-order valence-electron chi connectivity index (χ3n) is 2.38. The first-order valence-electron chi connectivity index (χ1n) is 6.16. The van der Waals surface area contributed by atoms with Crippen molar-refractivity contribution < 1.29 is 4.74 Å². The van der Waals surface area contributed by atoms with Crippen molar-refractivity contribution in [1.29, 1.82) is 0 Å². The highest BCUT2D eigenvalue weighted by Crippen LogP contribution is 2.17. The van der Waals surface area contributed by atoms with Crippen LogP contribution in [0.5, 0.6) is 5.88 Å². The molecule has 0 aliphatic heterocycles. The molecule has 1 rings (SSSR count). The van der Waals surface area contributed by atoms with E-state index in [1.54, 1.807) is 6.07 Å². The van der Waals surface area contributed by atoms with Crippen LogP contribution in [0.3, 0.4) is 0 Å². The van der Waals surface area contributed by atoms with E-state index >= 15 is 0 Å². The van der Waals surface area contributed by atoms with Gasteiger partial charge >= 0.3 is 0 Å². The molecular formula is C12H23N5O. The maximum Gasteiger partial charge on any atom is 0.218 e. The summed E-state index contributed by atoms with van der Waals surface area (Å²) in [4.78, 5) is 10.7. The molecule has 3 N–H and O–H groups in total. The molecule has 0 aliphatic carbocycles. The summed E-state index contributed by atoms with van der Waals surface area (Å²) < 4.78 is 5.62. The van der Waals surface area contributed by atoms with E-state index in [-0.39, 0.29) is 5.92 Å². The summed E-state index contributed by atoms with van der Waals surface area (Å²) in [5, 5.41) is 0. The van der Waals surface area contributed by atoms with Gasteiger partial charge in [0.2, 0.25) is 5.88 Å². The Morgan fingerprint density at radius 3 is 2.67 bits per heavy atom. The summed E-state index contributed by atoms with van der Waals surface area (Å²) in [7, 11) is 4.08. The summed E-state index contributed by atoms with van der Waals surface area (Å²) in [6.07, 6.45) is 0.958. The van der Waals surface area contributed by atoms with Gasteiger partial charge in [-0.3, -0.25) is 0 Å². The van der Waals surface area contributed by atoms with Crippen LogP contribution in [0.2, 0.25) is 0 Å². The number of nitrogens with zero attached hydrogens (tertiary/aromatic N) is 3. The highest BCUT2D eigenvalue weighted by Gasteiger charge is 2.08. The predicted octanol–water partition coefficient (Wildman–Crippen LogP) is 1.22. The molecule has 1 aromatic heterocycles. The first-order valence-corrected chi connectivity index (χ1v) is 6.16. The summed E-state index contributed by atoms with van der Waals surface area (Å²) in [5.74, 6) is 7.50. The quantitative estimate of drug-likeness (QED) is 0.432. The molecule has 1 aromatic rings. The zero-order valence-electron chi connectivity index (χ0n) is 11.6. The molecule has 0 spiro atoms. The molecule has 0 saturated heterocycles. The van der Waals surface area contributed by atoms with Crippen LogP contribution in [-0.4, -0.2) is 42.1 Å². The lowest BCUT2D eigenvalue weighted by Gasteiger charge is -2.12. The van der Waals surface area contributed by atoms with E-state index in [0.29, 0.717) is 18.3 Å². The monoisotopic (exact) mass is 253 g/mol. The molecular weight excluding hydrogens is 230 g/mol. The van der Waals surface area contributed by atoms with Crippen molar-refractivity contribution in [2.24, 2.45) is 5.84 Å². The van der Waals surface area contributed by atoms with Crippen molar-refractivity contribution in [1.82, 2.24) is 14.9 Å². The summed E-state index contributed by atoms with van der Waals surface area (Å²) in [5.41, 5.74) is 2.53. The molecule has 0 amide bonds. The average molecular weight is 253 g/mol. The number of anilines is 1. The molecule has 6 heteroatoms. The number of rotatable bonds is 7. The molecule has 0 fully saturated rings. The van der Waals surface area contributed by atoms with Crippen molar-refractivity contribution in [3.8, 4) is 5.88 Å². The zero-order chi connectivity index (χ0) is 13.5. The van der Waals surface area contributed by atoms with Gasteiger partial charge in [0.15, 0.2) is 0 Å². The van der Waals surface area contributed by atoms with E-state index in [9.17, 15) is 0 Å². The first-order chi connectivity index (χ1) is 8.52. The van der Waals surface area contributed by atoms with Gasteiger partial charge in [0.1, 0.15) is 11.6 Å². The van der Waals surface area contributed by atoms with Gasteiger partial charge in [-0.1, -0.05) is 13.8 Å². The number of nitrogens with one attached hydrogen (secondary N) is 1. The Morgan fingerprint density at radius 1 is 1.39 bits per heavy atom. The third kappa shape index (κ3) is 4.85. The predicted molar refractivity (Wildman–Crippen MR) is 72.6 cm³/mol. The third-order valence-corrected chi connectivity index (χ3v) is 2.38. The fourth-order valence-electron chi connectivity index (χ4n) is 1.41. The van der Waals surface area contributed by atoms with Crippen LogP contribution in [0, 0.1) is 0 Å². The molecule has 102 valence electrons. The number of hydrogen-bond acceptors (Lipinski definition) is 6. The van der Waals surface area contributed by atoms with Gasteiger partial charge in [-0.05, 0) is 20.5 Å². The minimum Gasteiger partial charge on any atom is -0.477 e. The normalized spacial score (nSPS) is 11.1. The van der Waals surface area contributed by atoms with E-state index in [2.05, 4.69) is 20.3 Å². The summed E-state index contributed by atoms with van der Waals surface area (Å²) in [6.45, 7) is 5.69. The minimum atomic E-state index is 0.238. The van der Waals surface area contributed by atoms with Gasteiger partial charge in [0, 0.05) is 18.5 Å². The average Bonchev–Trinajstić information content (AvgIpc) is 2.34. The van der Waals surface area contributed by atoms with E-state index in [1.165, 1.54) is 0 Å². The topological polar surface area (TPSA) is 76.3 Å². The summed E-state index contributed by atoms with van der Waals surface area (Å²) in [6, 6.07) is 1.71. The highest BCUT2D eigenvalue weighted by molar-refractivity contribution is 5.37. The molecule has 0 saturated carbocycles. The van der Waals surface area contributed by atoms with Crippen molar-refractivity contribution in [3.05, 3.63) is 11.9 Å². The van der Waals surface area contributed by atoms with Gasteiger partial charge in [0.25, 0.3) is 0 Å². The van der Waals surface area contributed by atoms with Gasteiger partial charge in [-0.25, -0.2) is 10.8 Å². The Hall–Kier alpha value is -1.40. The lowest BCUT2D eigenvalue weighted by atomic mass is 10.2. The van der Waals surface area contributed by atoms with Crippen molar-refractivity contribution in [2.75, 3.05) is 32.7 Å². The van der Waals surface area contributed by atoms with Crippen LogP contribution in [0.15, 0.2) is 6.07 Å². The van der Waals surface area contributed by atoms with Crippen molar-refractivity contribution >= 4 is 5.82 Å². The number of hydrogen-bond donors (Lipinski definition) is 2. The standard InChI is InChI=1S/C12H23N5O/c1-9(2)12-14-10(16-13)8-11(15-12)18-7-5-6-17(3)4/h8-9H,5-7,13H2,1-4H3,(H,14,15,16). The van der Waals surface area contributed by atoms with Gasteiger partial charge < -0.3 is 15.1 Å². The van der Waals surface area contributed by atoms with Crippen LogP contribution in [-0.2, 0) is 0 Å². The molecule has 18 heavy (non-hydrogen) atoms. The Morgan fingerprint density at radius 2 is 2.11 bits per heavy atom. The molecule has 0 unspecified atom stereocenters. The number of nitrogen functional groups attached to an aromatic ring is 1. The Bertz CT molecular complexity index is 367. The molecule has 0 atom stereocenters. The highest BCUT2D eigenvalue weighted by atomic mass is 16.5. The second-order valence-electron chi connectivity index (χ2n) is 4.75. The molecule has 0 radical (unpaired) electrons. The molecule has 1 heterocycles. The van der Waals surface area contributed by atoms with E-state index in [0.717, 1.165) is 18.8 Å². The SMILES string of the molecule is CC(C)c1nc(NN)cc(OCCCN(C)C)n1. The van der Waals surface area contributed by atoms with Crippen LogP contribution in [0.1, 0.15) is 32.0 Å². The molecule has 0 aromatic carbocycles. The smallest absolute Gasteiger partial charge is 0.218 e. The van der Waals surface area contributed by atoms with E-state index in [4.69, 9.17) is 10.6 Å². The van der Waals surface area contributed by atoms with Crippen LogP contribution >= 0.6 is 0 Å². The van der Waals surface area contributed by atoms with Gasteiger partial charge in [0.05, 0.1) is 6.61 Å². The maximum atomic E-state index is 5.62. The fourth-order valence-corrected chi connectivity index (χ4v) is 1.41. The van der Waals surface area contributed by atoms with E-state index < -0.39 is 0 Å². The molecule has 6 nitrogen and oxygen atoms in total. The van der Waals surface area contributed by atoms with Crippen LogP contribution in [0.4, 0.5) is 5.82 Å². The largest absolute Gasteiger partial charge is 0.477 e. The zero-order valence-corrected chi connectivity index (χ0v) is 11.6. The maximum absolute atomic E-state index is 5.62. The second-order valence-corrected chi connectivity index (χ2v) is 4.75. The minimum absolute atomic E-state index is 0.238. The molecule has 0 aliphatic rings. The van der Waals surface area contributed by atoms with Crippen molar-refractivity contribution in [2.45, 2.75) is 26.2 Å². The Balaban J connectivity index is 2.61. The lowest BCUT2D eigenvalue weighted by Crippen LogP contribution is -2.16. The van der Waals surface area contributed by atoms with E-state index in [1.807, 2.05) is 27.9 Å². The number of nitrogens with two attached hydrogens (primary N) is 1. The van der Waals surface area contributed by atoms with Crippen LogP contribution < -0.4 is 16.0 Å². The first kappa shape index (κ1) is 14.7. The van der Waals surface area contributed by atoms with Gasteiger partial charge in [-0.2, -0.15) is 4.98 Å². The number of aromatic nitrogens is 2. The fraction of sp³-hybridized carbons (Fsp3) is 0.667. The van der Waals surface area contributed by atoms with Crippen LogP contribution in [0.25, 0.3) is 0 Å². The molecule has 0 bridgehead atoms. The second kappa shape index (κ2) is 7.13. The Kier molecular flexibility index (Phi) is 5.80. The summed E-state index contributed by atoms with van der Waals surface area (Å²) >= 11 is 0. The van der Waals surface area contributed by atoms with Crippen molar-refractivity contribution in [3.63, 3.8) is 0 Å². The lowest BCUT2D eigenvalue weighted by molar-refractivity contribution is 0.272. The number of hydrazine groups is 1. The number of ether oxygens (including phenoxy) is 1. The van der Waals surface area contributed by atoms with Gasteiger partial charge in [-0.15, -0.1) is 0 Å².